The van der Waals surface area contributed by atoms with Gasteiger partial charge < -0.3 is 0 Å². The van der Waals surface area contributed by atoms with Crippen molar-refractivity contribution < 1.29 is 0 Å². The Bertz CT molecular complexity index is 985. The molecule has 3 aromatic rings. The van der Waals surface area contributed by atoms with Crippen molar-refractivity contribution in [1.29, 1.82) is 5.26 Å². The van der Waals surface area contributed by atoms with Gasteiger partial charge in [0, 0.05) is 16.0 Å². The van der Waals surface area contributed by atoms with Crippen molar-refractivity contribution in [1.82, 2.24) is 9.97 Å². The average Bonchev–Trinajstić information content (AvgIpc) is 2.96. The van der Waals surface area contributed by atoms with E-state index in [9.17, 15) is 0 Å². The lowest BCUT2D eigenvalue weighted by Gasteiger charge is -2.18. The molecule has 1 aliphatic carbocycles. The number of aromatic nitrogens is 2. The van der Waals surface area contributed by atoms with Gasteiger partial charge in [-0.05, 0) is 55.4 Å². The number of benzene rings is 1. The van der Waals surface area contributed by atoms with Crippen molar-refractivity contribution in [2.75, 3.05) is 0 Å². The highest BCUT2D eigenvalue weighted by Gasteiger charge is 2.23. The van der Waals surface area contributed by atoms with Gasteiger partial charge in [0.2, 0.25) is 0 Å². The molecule has 1 unspecified atom stereocenters. The van der Waals surface area contributed by atoms with Crippen LogP contribution in [0.2, 0.25) is 0 Å². The molecule has 0 spiro atoms. The molecule has 0 amide bonds. The van der Waals surface area contributed by atoms with E-state index in [-0.39, 0.29) is 0 Å². The molecule has 0 saturated heterocycles. The van der Waals surface area contributed by atoms with Crippen LogP contribution < -0.4 is 0 Å². The molecule has 1 atom stereocenters. The summed E-state index contributed by atoms with van der Waals surface area (Å²) in [5.41, 5.74) is 3.35. The monoisotopic (exact) mass is 365 g/mol. The molecule has 0 aliphatic heterocycles. The lowest BCUT2D eigenvalue weighted by molar-refractivity contribution is 0.509. The maximum atomic E-state index is 9.08. The van der Waals surface area contributed by atoms with Gasteiger partial charge in [0.25, 0.3) is 0 Å². The maximum Gasteiger partial charge on any atom is 0.128 e. The van der Waals surface area contributed by atoms with Gasteiger partial charge in [-0.2, -0.15) is 5.26 Å². The van der Waals surface area contributed by atoms with Crippen LogP contribution in [-0.4, -0.2) is 9.97 Å². The molecule has 0 fully saturated rings. The highest BCUT2D eigenvalue weighted by Crippen LogP contribution is 2.41. The number of hydrogen-bond acceptors (Lipinski definition) is 5. The first-order chi connectivity index (χ1) is 12.1. The first-order valence-electron chi connectivity index (χ1n) is 8.54. The predicted molar refractivity (Wildman–Crippen MR) is 104 cm³/mol. The van der Waals surface area contributed by atoms with Crippen LogP contribution in [-0.2, 0) is 18.6 Å². The van der Waals surface area contributed by atoms with E-state index in [1.54, 1.807) is 11.8 Å². The Balaban J connectivity index is 1.70. The van der Waals surface area contributed by atoms with E-state index in [0.717, 1.165) is 39.3 Å². The second-order valence-electron chi connectivity index (χ2n) is 6.71. The van der Waals surface area contributed by atoms with Crippen LogP contribution in [0.4, 0.5) is 0 Å². The lowest BCUT2D eigenvalue weighted by Crippen LogP contribution is -2.08. The van der Waals surface area contributed by atoms with Crippen molar-refractivity contribution in [2.24, 2.45) is 5.92 Å². The van der Waals surface area contributed by atoms with Crippen LogP contribution in [0, 0.1) is 24.2 Å². The van der Waals surface area contributed by atoms with Gasteiger partial charge >= 0.3 is 0 Å². The summed E-state index contributed by atoms with van der Waals surface area (Å²) < 4.78 is 0. The molecule has 126 valence electrons. The van der Waals surface area contributed by atoms with Gasteiger partial charge in [-0.15, -0.1) is 23.1 Å². The molecule has 0 N–H and O–H groups in total. The molecule has 5 heteroatoms. The highest BCUT2D eigenvalue weighted by molar-refractivity contribution is 7.98. The van der Waals surface area contributed by atoms with E-state index in [4.69, 9.17) is 15.2 Å². The molecule has 0 radical (unpaired) electrons. The SMILES string of the molecule is Cc1nc(SCc2cccc(C#N)c2)c2c3c(sc2n1)CC(C)CC3. The van der Waals surface area contributed by atoms with Crippen molar-refractivity contribution in [3.63, 3.8) is 0 Å². The van der Waals surface area contributed by atoms with Crippen molar-refractivity contribution in [2.45, 2.75) is 43.9 Å². The van der Waals surface area contributed by atoms with Gasteiger partial charge in [0.15, 0.2) is 0 Å². The second-order valence-corrected chi connectivity index (χ2v) is 8.76. The lowest BCUT2D eigenvalue weighted by atomic mass is 9.89. The minimum Gasteiger partial charge on any atom is -0.226 e. The normalized spacial score (nSPS) is 16.6. The minimum absolute atomic E-state index is 0.712. The molecule has 1 aliphatic rings. The smallest absolute Gasteiger partial charge is 0.128 e. The van der Waals surface area contributed by atoms with Gasteiger partial charge in [0.1, 0.15) is 15.7 Å². The summed E-state index contributed by atoms with van der Waals surface area (Å²) in [7, 11) is 0. The van der Waals surface area contributed by atoms with E-state index >= 15 is 0 Å². The number of rotatable bonds is 3. The van der Waals surface area contributed by atoms with E-state index in [0.29, 0.717) is 5.56 Å². The molecule has 1 aromatic carbocycles. The van der Waals surface area contributed by atoms with E-state index in [1.165, 1.54) is 28.7 Å². The summed E-state index contributed by atoms with van der Waals surface area (Å²) in [6.45, 7) is 4.31. The summed E-state index contributed by atoms with van der Waals surface area (Å²) in [6, 6.07) is 10.0. The fourth-order valence-corrected chi connectivity index (χ4v) is 5.93. The van der Waals surface area contributed by atoms with Crippen LogP contribution in [0.25, 0.3) is 10.2 Å². The predicted octanol–water partition coefficient (Wildman–Crippen LogP) is 5.29. The highest BCUT2D eigenvalue weighted by atomic mass is 32.2. The standard InChI is InChI=1S/C20H19N3S2/c1-12-6-7-16-17(8-12)25-20-18(16)19(22-13(2)23-20)24-11-15-5-3-4-14(9-15)10-21/h3-5,9,12H,6-8,11H2,1-2H3. The molecule has 0 saturated carbocycles. The van der Waals surface area contributed by atoms with Gasteiger partial charge in [-0.25, -0.2) is 9.97 Å². The Morgan fingerprint density at radius 2 is 2.24 bits per heavy atom. The van der Waals surface area contributed by atoms with E-state index in [2.05, 4.69) is 19.1 Å². The van der Waals surface area contributed by atoms with Crippen LogP contribution in [0.15, 0.2) is 29.3 Å². The summed E-state index contributed by atoms with van der Waals surface area (Å²) in [5, 5.41) is 11.4. The number of nitriles is 1. The molecule has 2 heterocycles. The quantitative estimate of drug-likeness (QED) is 0.467. The van der Waals surface area contributed by atoms with Crippen molar-refractivity contribution >= 4 is 33.3 Å². The Morgan fingerprint density at radius 1 is 1.36 bits per heavy atom. The van der Waals surface area contributed by atoms with Crippen LogP contribution in [0.1, 0.15) is 40.7 Å². The van der Waals surface area contributed by atoms with Gasteiger partial charge in [-0.1, -0.05) is 19.1 Å². The van der Waals surface area contributed by atoms with Gasteiger partial charge in [0.05, 0.1) is 11.6 Å². The molecule has 3 nitrogen and oxygen atoms in total. The Hall–Kier alpha value is -1.90. The zero-order valence-corrected chi connectivity index (χ0v) is 16.0. The topological polar surface area (TPSA) is 49.6 Å². The summed E-state index contributed by atoms with van der Waals surface area (Å²) in [5.74, 6) is 2.43. The van der Waals surface area contributed by atoms with Crippen LogP contribution in [0.5, 0.6) is 0 Å². The Morgan fingerprint density at radius 3 is 3.08 bits per heavy atom. The van der Waals surface area contributed by atoms with Crippen molar-refractivity contribution in [3.05, 3.63) is 51.7 Å². The number of thioether (sulfide) groups is 1. The van der Waals surface area contributed by atoms with Gasteiger partial charge in [-0.3, -0.25) is 0 Å². The van der Waals surface area contributed by atoms with Crippen molar-refractivity contribution in [3.8, 4) is 6.07 Å². The molecule has 2 aromatic heterocycles. The summed E-state index contributed by atoms with van der Waals surface area (Å²) >= 11 is 3.61. The molecule has 0 bridgehead atoms. The minimum atomic E-state index is 0.712. The maximum absolute atomic E-state index is 9.08. The number of nitrogens with zero attached hydrogens (tertiary/aromatic N) is 3. The fraction of sp³-hybridized carbons (Fsp3) is 0.350. The number of thiophene rings is 1. The molecular formula is C20H19N3S2. The summed E-state index contributed by atoms with van der Waals surface area (Å²) in [6.07, 6.45) is 3.56. The van der Waals surface area contributed by atoms with Crippen LogP contribution >= 0.6 is 23.1 Å². The Labute approximate surface area is 156 Å². The molecule has 25 heavy (non-hydrogen) atoms. The average molecular weight is 366 g/mol. The van der Waals surface area contributed by atoms with Crippen LogP contribution in [0.3, 0.4) is 0 Å². The summed E-state index contributed by atoms with van der Waals surface area (Å²) in [4.78, 5) is 12.1. The third-order valence-corrected chi connectivity index (χ3v) is 6.86. The van der Waals surface area contributed by atoms with E-state index in [1.807, 2.05) is 36.5 Å². The number of fused-ring (bicyclic) bond motifs is 3. The number of aryl methyl sites for hydroxylation is 2. The first-order valence-corrected chi connectivity index (χ1v) is 10.3. The fourth-order valence-electron chi connectivity index (χ4n) is 3.40. The second kappa shape index (κ2) is 6.78. The zero-order chi connectivity index (χ0) is 17.4. The third-order valence-electron chi connectivity index (χ3n) is 4.67. The molecule has 4 rings (SSSR count). The first kappa shape index (κ1) is 16.6. The molecular weight excluding hydrogens is 346 g/mol. The number of hydrogen-bond donors (Lipinski definition) is 0. The Kier molecular flexibility index (Phi) is 4.49. The largest absolute Gasteiger partial charge is 0.226 e. The third kappa shape index (κ3) is 3.29. The van der Waals surface area contributed by atoms with E-state index < -0.39 is 0 Å². The zero-order valence-electron chi connectivity index (χ0n) is 14.4.